The van der Waals surface area contributed by atoms with Crippen molar-refractivity contribution in [1.82, 2.24) is 0 Å². The summed E-state index contributed by atoms with van der Waals surface area (Å²) < 4.78 is 6.82. The van der Waals surface area contributed by atoms with Crippen molar-refractivity contribution in [2.45, 2.75) is 195 Å². The number of aromatic nitrogens is 3. The number of halogens is 3. The zero-order chi connectivity index (χ0) is 34.4. The molecule has 51 heavy (non-hydrogen) atoms. The first-order valence-electron chi connectivity index (χ1n) is 20.6. The molecule has 0 radical (unpaired) electrons. The van der Waals surface area contributed by atoms with Crippen molar-refractivity contribution in [3.8, 4) is 0 Å². The van der Waals surface area contributed by atoms with Gasteiger partial charge in [0.15, 0.2) is 37.2 Å². The monoisotopic (exact) mass is 897 g/mol. The maximum atomic E-state index is 2.27. The van der Waals surface area contributed by atoms with Gasteiger partial charge in [0.2, 0.25) is 0 Å². The summed E-state index contributed by atoms with van der Waals surface area (Å²) in [6.45, 7) is 10.4. The molecule has 0 aliphatic rings. The second-order valence-corrected chi connectivity index (χ2v) is 13.8. The maximum Gasteiger partial charge on any atom is 0.168 e. The highest BCUT2D eigenvalue weighted by molar-refractivity contribution is 4.84. The third-order valence-corrected chi connectivity index (χ3v) is 9.14. The Bertz CT molecular complexity index is 877. The predicted molar refractivity (Wildman–Crippen MR) is 208 cm³/mol. The first kappa shape index (κ1) is 54.2. The minimum Gasteiger partial charge on any atom is -1.00 e. The molecule has 3 heterocycles. The molecule has 0 N–H and O–H groups in total. The van der Waals surface area contributed by atoms with E-state index in [1.807, 2.05) is 0 Å². The van der Waals surface area contributed by atoms with Crippen molar-refractivity contribution < 1.29 is 64.6 Å². The number of rotatable bonds is 27. The SMILES string of the molecule is CCCCCCCCCC[n+]1ccccc1.CCCCCCCCCC[n+]1ccccc1.CCCCCCCCCC[n+]1ccccc1.[Br-].[Br-].[Br-]. The summed E-state index contributed by atoms with van der Waals surface area (Å²) in [6.07, 6.45) is 46.5. The van der Waals surface area contributed by atoms with Gasteiger partial charge in [0.05, 0.1) is 0 Å². The first-order valence-corrected chi connectivity index (χ1v) is 20.6. The zero-order valence-corrected chi connectivity index (χ0v) is 38.0. The van der Waals surface area contributed by atoms with Crippen LogP contribution in [0.1, 0.15) is 175 Å². The largest absolute Gasteiger partial charge is 1.00 e. The van der Waals surface area contributed by atoms with Gasteiger partial charge in [-0.2, -0.15) is 0 Å². The van der Waals surface area contributed by atoms with Gasteiger partial charge in [-0.3, -0.25) is 0 Å². The van der Waals surface area contributed by atoms with E-state index in [9.17, 15) is 0 Å². The number of unbranched alkanes of at least 4 members (excludes halogenated alkanes) is 21. The number of hydrogen-bond acceptors (Lipinski definition) is 0. The van der Waals surface area contributed by atoms with Crippen LogP contribution in [0.25, 0.3) is 0 Å². The molecular weight excluding hydrogens is 822 g/mol. The normalized spacial score (nSPS) is 9.94. The molecule has 0 amide bonds. The highest BCUT2D eigenvalue weighted by Crippen LogP contribution is 2.10. The fourth-order valence-electron chi connectivity index (χ4n) is 6.03. The van der Waals surface area contributed by atoms with E-state index in [2.05, 4.69) is 126 Å². The summed E-state index contributed by atoms with van der Waals surface area (Å²) in [5.74, 6) is 0. The van der Waals surface area contributed by atoms with E-state index >= 15 is 0 Å². The summed E-state index contributed by atoms with van der Waals surface area (Å²) in [5.41, 5.74) is 0. The maximum absolute atomic E-state index is 2.27. The Morgan fingerprint density at radius 2 is 0.412 bits per heavy atom. The van der Waals surface area contributed by atoms with Crippen molar-refractivity contribution in [3.63, 3.8) is 0 Å². The molecule has 0 bridgehead atoms. The van der Waals surface area contributed by atoms with E-state index in [1.165, 1.54) is 174 Å². The summed E-state index contributed by atoms with van der Waals surface area (Å²) in [7, 11) is 0. The molecule has 6 heteroatoms. The van der Waals surface area contributed by atoms with Crippen LogP contribution in [-0.4, -0.2) is 0 Å². The highest BCUT2D eigenvalue weighted by atomic mass is 79.9. The minimum atomic E-state index is 0. The standard InChI is InChI=1S/3C15H26N.3BrH/c3*1-2-3-4-5-6-7-8-10-13-16-14-11-9-12-15-16;;;/h3*9,11-12,14-15H,2-8,10,13H2,1H3;3*1H/q3*+1;;;/p-3. The Labute approximate surface area is 348 Å². The van der Waals surface area contributed by atoms with Crippen molar-refractivity contribution in [2.75, 3.05) is 0 Å². The van der Waals surface area contributed by atoms with Gasteiger partial charge in [-0.15, -0.1) is 0 Å². The summed E-state index contributed by atoms with van der Waals surface area (Å²) in [5, 5.41) is 0. The number of hydrogen-bond donors (Lipinski definition) is 0. The van der Waals surface area contributed by atoms with Crippen LogP contribution in [0.5, 0.6) is 0 Å². The molecule has 0 unspecified atom stereocenters. The van der Waals surface area contributed by atoms with Crippen molar-refractivity contribution in [3.05, 3.63) is 91.8 Å². The quantitative estimate of drug-likeness (QED) is 0.0824. The lowest BCUT2D eigenvalue weighted by molar-refractivity contribution is -0.697. The van der Waals surface area contributed by atoms with Crippen LogP contribution in [0.4, 0.5) is 0 Å². The molecule has 294 valence electrons. The van der Waals surface area contributed by atoms with E-state index in [0.29, 0.717) is 0 Å². The van der Waals surface area contributed by atoms with E-state index in [4.69, 9.17) is 0 Å². The van der Waals surface area contributed by atoms with Crippen LogP contribution in [0, 0.1) is 0 Å². The minimum absolute atomic E-state index is 0. The molecule has 0 aliphatic carbocycles. The molecule has 3 nitrogen and oxygen atoms in total. The molecular formula is C45H78Br3N3. The Morgan fingerprint density at radius 3 is 0.608 bits per heavy atom. The van der Waals surface area contributed by atoms with Gasteiger partial charge in [-0.05, 0) is 19.3 Å². The fourth-order valence-corrected chi connectivity index (χ4v) is 6.03. The summed E-state index contributed by atoms with van der Waals surface area (Å²) >= 11 is 0. The van der Waals surface area contributed by atoms with Gasteiger partial charge in [-0.25, -0.2) is 13.7 Å². The molecule has 0 aliphatic heterocycles. The second-order valence-electron chi connectivity index (χ2n) is 13.8. The van der Waals surface area contributed by atoms with Crippen molar-refractivity contribution in [2.24, 2.45) is 0 Å². The fraction of sp³-hybridized carbons (Fsp3) is 0.667. The van der Waals surface area contributed by atoms with Gasteiger partial charge in [0, 0.05) is 55.7 Å². The molecule has 3 rings (SSSR count). The van der Waals surface area contributed by atoms with Crippen LogP contribution in [0.15, 0.2) is 91.8 Å². The van der Waals surface area contributed by atoms with Crippen LogP contribution in [0.3, 0.4) is 0 Å². The third-order valence-electron chi connectivity index (χ3n) is 9.14. The molecule has 0 saturated carbocycles. The smallest absolute Gasteiger partial charge is 0.168 e. The van der Waals surface area contributed by atoms with E-state index < -0.39 is 0 Å². The predicted octanol–water partition coefficient (Wildman–Crippen LogP) is 3.36. The van der Waals surface area contributed by atoms with Crippen LogP contribution in [-0.2, 0) is 19.6 Å². The van der Waals surface area contributed by atoms with Crippen molar-refractivity contribution >= 4 is 0 Å². The second kappa shape index (κ2) is 45.0. The zero-order valence-electron chi connectivity index (χ0n) is 33.2. The van der Waals surface area contributed by atoms with Gasteiger partial charge in [-0.1, -0.05) is 155 Å². The Balaban J connectivity index is -0.000000658. The molecule has 0 aromatic carbocycles. The molecule has 0 atom stereocenters. The number of pyridine rings is 3. The van der Waals surface area contributed by atoms with E-state index in [-0.39, 0.29) is 50.9 Å². The third kappa shape index (κ3) is 38.4. The Kier molecular flexibility index (Phi) is 47.9. The summed E-state index contributed by atoms with van der Waals surface area (Å²) in [6, 6.07) is 18.8. The molecule has 3 aromatic rings. The Morgan fingerprint density at radius 1 is 0.235 bits per heavy atom. The lowest BCUT2D eigenvalue weighted by Crippen LogP contribution is -3.00. The average molecular weight is 901 g/mol. The van der Waals surface area contributed by atoms with Crippen LogP contribution in [0.2, 0.25) is 0 Å². The number of nitrogens with zero attached hydrogens (tertiary/aromatic N) is 3. The van der Waals surface area contributed by atoms with E-state index in [1.54, 1.807) is 0 Å². The molecule has 3 aromatic heterocycles. The van der Waals surface area contributed by atoms with Gasteiger partial charge < -0.3 is 50.9 Å². The molecule has 0 fully saturated rings. The Hall–Kier alpha value is -1.11. The van der Waals surface area contributed by atoms with Crippen LogP contribution < -0.4 is 64.6 Å². The lowest BCUT2D eigenvalue weighted by atomic mass is 10.1. The van der Waals surface area contributed by atoms with Gasteiger partial charge in [0.1, 0.15) is 19.6 Å². The topological polar surface area (TPSA) is 11.6 Å². The lowest BCUT2D eigenvalue weighted by Gasteiger charge is -2.00. The van der Waals surface area contributed by atoms with Crippen LogP contribution >= 0.6 is 0 Å². The number of aryl methyl sites for hydroxylation is 3. The van der Waals surface area contributed by atoms with E-state index in [0.717, 1.165) is 0 Å². The average Bonchev–Trinajstić information content (AvgIpc) is 3.13. The molecule has 0 spiro atoms. The van der Waals surface area contributed by atoms with Crippen molar-refractivity contribution in [1.29, 1.82) is 0 Å². The summed E-state index contributed by atoms with van der Waals surface area (Å²) in [4.78, 5) is 0. The highest BCUT2D eigenvalue weighted by Gasteiger charge is 2.00. The van der Waals surface area contributed by atoms with Gasteiger partial charge >= 0.3 is 0 Å². The van der Waals surface area contributed by atoms with Gasteiger partial charge in [0.25, 0.3) is 0 Å². The molecule has 0 saturated heterocycles. The first-order chi connectivity index (χ1) is 23.8.